The molecule has 1 fully saturated rings. The molecule has 1 aliphatic rings. The molecule has 0 heterocycles. The van der Waals surface area contributed by atoms with Crippen LogP contribution in [0.4, 0.5) is 0 Å². The van der Waals surface area contributed by atoms with Crippen LogP contribution in [-0.2, 0) is 0 Å². The van der Waals surface area contributed by atoms with Gasteiger partial charge in [-0.1, -0.05) is 0 Å². The molecule has 0 aromatic heterocycles. The third-order valence-corrected chi connectivity index (χ3v) is 3.08. The normalized spacial score (nSPS) is 32.1. The van der Waals surface area contributed by atoms with Crippen molar-refractivity contribution in [3.05, 3.63) is 0 Å². The van der Waals surface area contributed by atoms with Crippen molar-refractivity contribution in [1.82, 2.24) is 5.32 Å². The summed E-state index contributed by atoms with van der Waals surface area (Å²) in [7, 11) is 0. The van der Waals surface area contributed by atoms with E-state index in [1.54, 1.807) is 6.92 Å². The summed E-state index contributed by atoms with van der Waals surface area (Å²) in [5, 5.41) is 22.4. The summed E-state index contributed by atoms with van der Waals surface area (Å²) in [5.41, 5.74) is -0.310. The van der Waals surface area contributed by atoms with E-state index in [4.69, 9.17) is 0 Å². The first-order chi connectivity index (χ1) is 5.93. The highest BCUT2D eigenvalue weighted by Gasteiger charge is 2.32. The Morgan fingerprint density at radius 2 is 2.00 bits per heavy atom. The Morgan fingerprint density at radius 1 is 1.38 bits per heavy atom. The van der Waals surface area contributed by atoms with E-state index in [0.29, 0.717) is 0 Å². The van der Waals surface area contributed by atoms with Crippen molar-refractivity contribution in [3.63, 3.8) is 0 Å². The van der Waals surface area contributed by atoms with E-state index in [9.17, 15) is 10.2 Å². The van der Waals surface area contributed by atoms with Crippen molar-refractivity contribution in [1.29, 1.82) is 0 Å². The average molecular weight is 187 g/mol. The monoisotopic (exact) mass is 187 g/mol. The Labute approximate surface area is 80.2 Å². The van der Waals surface area contributed by atoms with Gasteiger partial charge in [0, 0.05) is 11.6 Å². The summed E-state index contributed by atoms with van der Waals surface area (Å²) in [6, 6.07) is 0.157. The zero-order valence-electron chi connectivity index (χ0n) is 8.75. The van der Waals surface area contributed by atoms with Gasteiger partial charge < -0.3 is 15.5 Å². The van der Waals surface area contributed by atoms with Gasteiger partial charge in [0.25, 0.3) is 0 Å². The SMILES string of the molecule is CC(O)C(C)(C)NC1CCCC1O. The highest BCUT2D eigenvalue weighted by atomic mass is 16.3. The number of hydrogen-bond acceptors (Lipinski definition) is 3. The molecule has 3 heteroatoms. The first kappa shape index (κ1) is 11.0. The van der Waals surface area contributed by atoms with E-state index >= 15 is 0 Å². The molecule has 3 atom stereocenters. The van der Waals surface area contributed by atoms with Crippen LogP contribution in [-0.4, -0.2) is 34.0 Å². The lowest BCUT2D eigenvalue weighted by Gasteiger charge is -2.34. The molecule has 3 N–H and O–H groups in total. The van der Waals surface area contributed by atoms with Crippen molar-refractivity contribution >= 4 is 0 Å². The maximum absolute atomic E-state index is 9.59. The summed E-state index contributed by atoms with van der Waals surface area (Å²) >= 11 is 0. The second kappa shape index (κ2) is 3.95. The molecule has 1 rings (SSSR count). The predicted molar refractivity (Wildman–Crippen MR) is 52.5 cm³/mol. The second-order valence-corrected chi connectivity index (χ2v) is 4.65. The molecule has 0 aromatic carbocycles. The van der Waals surface area contributed by atoms with Crippen LogP contribution in [0.1, 0.15) is 40.0 Å². The molecule has 13 heavy (non-hydrogen) atoms. The van der Waals surface area contributed by atoms with Gasteiger partial charge in [0.1, 0.15) is 0 Å². The van der Waals surface area contributed by atoms with Gasteiger partial charge in [0.05, 0.1) is 12.2 Å². The standard InChI is InChI=1S/C10H21NO2/c1-7(12)10(2,3)11-8-5-4-6-9(8)13/h7-9,11-13H,4-6H2,1-3H3. The lowest BCUT2D eigenvalue weighted by molar-refractivity contribution is 0.0647. The van der Waals surface area contributed by atoms with Crippen molar-refractivity contribution < 1.29 is 10.2 Å². The van der Waals surface area contributed by atoms with Gasteiger partial charge >= 0.3 is 0 Å². The maximum Gasteiger partial charge on any atom is 0.0693 e. The molecule has 0 amide bonds. The molecule has 0 aromatic rings. The van der Waals surface area contributed by atoms with Crippen LogP contribution >= 0.6 is 0 Å². The number of aliphatic hydroxyl groups is 2. The molecule has 1 saturated carbocycles. The van der Waals surface area contributed by atoms with E-state index in [1.165, 1.54) is 0 Å². The topological polar surface area (TPSA) is 52.5 Å². The predicted octanol–water partition coefficient (Wildman–Crippen LogP) is 0.649. The summed E-state index contributed by atoms with van der Waals surface area (Å²) in [5.74, 6) is 0. The molecule has 0 spiro atoms. The van der Waals surface area contributed by atoms with Gasteiger partial charge in [-0.15, -0.1) is 0 Å². The van der Waals surface area contributed by atoms with Gasteiger partial charge in [-0.25, -0.2) is 0 Å². The van der Waals surface area contributed by atoms with Crippen LogP contribution in [0.15, 0.2) is 0 Å². The first-order valence-electron chi connectivity index (χ1n) is 5.07. The Bertz CT molecular complexity index is 168. The van der Waals surface area contributed by atoms with Crippen molar-refractivity contribution in [2.45, 2.75) is 63.8 Å². The summed E-state index contributed by atoms with van der Waals surface area (Å²) < 4.78 is 0. The molecule has 1 aliphatic carbocycles. The Balaban J connectivity index is 2.47. The molecule has 0 bridgehead atoms. The number of aliphatic hydroxyl groups excluding tert-OH is 2. The second-order valence-electron chi connectivity index (χ2n) is 4.65. The molecule has 0 aliphatic heterocycles. The Morgan fingerprint density at radius 3 is 2.38 bits per heavy atom. The minimum Gasteiger partial charge on any atom is -0.392 e. The van der Waals surface area contributed by atoms with Crippen LogP contribution in [0.5, 0.6) is 0 Å². The van der Waals surface area contributed by atoms with E-state index in [1.807, 2.05) is 13.8 Å². The van der Waals surface area contributed by atoms with Gasteiger partial charge in [0.15, 0.2) is 0 Å². The molecule has 3 nitrogen and oxygen atoms in total. The van der Waals surface area contributed by atoms with Crippen LogP contribution in [0.25, 0.3) is 0 Å². The highest BCUT2D eigenvalue weighted by molar-refractivity contribution is 4.92. The molecule has 3 unspecified atom stereocenters. The summed E-state index contributed by atoms with van der Waals surface area (Å²) in [4.78, 5) is 0. The molecule has 0 saturated heterocycles. The van der Waals surface area contributed by atoms with Crippen molar-refractivity contribution in [3.8, 4) is 0 Å². The number of hydrogen-bond donors (Lipinski definition) is 3. The minimum absolute atomic E-state index is 0.157. The van der Waals surface area contributed by atoms with Gasteiger partial charge in [-0.2, -0.15) is 0 Å². The van der Waals surface area contributed by atoms with Crippen LogP contribution in [0.3, 0.4) is 0 Å². The molecule has 78 valence electrons. The third-order valence-electron chi connectivity index (χ3n) is 3.08. The lowest BCUT2D eigenvalue weighted by atomic mass is 9.96. The largest absolute Gasteiger partial charge is 0.392 e. The molecular weight excluding hydrogens is 166 g/mol. The fourth-order valence-electron chi connectivity index (χ4n) is 1.71. The number of rotatable bonds is 3. The highest BCUT2D eigenvalue weighted by Crippen LogP contribution is 2.22. The van der Waals surface area contributed by atoms with E-state index in [-0.39, 0.29) is 17.7 Å². The van der Waals surface area contributed by atoms with Crippen LogP contribution < -0.4 is 5.32 Å². The van der Waals surface area contributed by atoms with E-state index in [2.05, 4.69) is 5.32 Å². The van der Waals surface area contributed by atoms with Gasteiger partial charge in [-0.3, -0.25) is 0 Å². The lowest BCUT2D eigenvalue weighted by Crippen LogP contribution is -2.54. The third kappa shape index (κ3) is 2.66. The fraction of sp³-hybridized carbons (Fsp3) is 1.00. The summed E-state index contributed by atoms with van der Waals surface area (Å²) in [6.07, 6.45) is 2.33. The first-order valence-corrected chi connectivity index (χ1v) is 5.07. The van der Waals surface area contributed by atoms with Crippen LogP contribution in [0, 0.1) is 0 Å². The zero-order valence-corrected chi connectivity index (χ0v) is 8.75. The van der Waals surface area contributed by atoms with Crippen molar-refractivity contribution in [2.75, 3.05) is 0 Å². The Hall–Kier alpha value is -0.120. The van der Waals surface area contributed by atoms with E-state index in [0.717, 1.165) is 19.3 Å². The smallest absolute Gasteiger partial charge is 0.0693 e. The molecular formula is C10H21NO2. The summed E-state index contributed by atoms with van der Waals surface area (Å²) in [6.45, 7) is 5.69. The van der Waals surface area contributed by atoms with Gasteiger partial charge in [0.2, 0.25) is 0 Å². The van der Waals surface area contributed by atoms with Crippen molar-refractivity contribution in [2.24, 2.45) is 0 Å². The zero-order chi connectivity index (χ0) is 10.1. The fourth-order valence-corrected chi connectivity index (χ4v) is 1.71. The average Bonchev–Trinajstić information content (AvgIpc) is 2.35. The quantitative estimate of drug-likeness (QED) is 0.608. The van der Waals surface area contributed by atoms with E-state index < -0.39 is 6.10 Å². The molecule has 0 radical (unpaired) electrons. The maximum atomic E-state index is 9.59. The number of nitrogens with one attached hydrogen (secondary N) is 1. The van der Waals surface area contributed by atoms with Crippen LogP contribution in [0.2, 0.25) is 0 Å². The Kier molecular flexibility index (Phi) is 3.33. The minimum atomic E-state index is -0.403. The van der Waals surface area contributed by atoms with Gasteiger partial charge in [-0.05, 0) is 40.0 Å².